The lowest BCUT2D eigenvalue weighted by atomic mass is 9.96. The molecule has 1 heterocycles. The Morgan fingerprint density at radius 2 is 1.57 bits per heavy atom. The molecule has 1 aliphatic heterocycles. The maximum Gasteiger partial charge on any atom is 0.270 e. The Balaban J connectivity index is 1.26. The number of nitro benzene ring substituents is 1. The zero-order valence-electron chi connectivity index (χ0n) is 19.5. The zero-order chi connectivity index (χ0) is 24.5. The van der Waals surface area contributed by atoms with Gasteiger partial charge in [-0.25, -0.2) is 5.43 Å². The smallest absolute Gasteiger partial charge is 0.270 e. The summed E-state index contributed by atoms with van der Waals surface area (Å²) >= 11 is 0. The van der Waals surface area contributed by atoms with Crippen molar-refractivity contribution < 1.29 is 9.72 Å². The molecule has 35 heavy (non-hydrogen) atoms. The van der Waals surface area contributed by atoms with Crippen LogP contribution in [-0.4, -0.2) is 59.6 Å². The van der Waals surface area contributed by atoms with Crippen molar-refractivity contribution >= 4 is 17.8 Å². The molecule has 1 saturated heterocycles. The van der Waals surface area contributed by atoms with Gasteiger partial charge in [0.15, 0.2) is 0 Å². The average Bonchev–Trinajstić information content (AvgIpc) is 2.90. The van der Waals surface area contributed by atoms with E-state index in [-0.39, 0.29) is 17.6 Å². The van der Waals surface area contributed by atoms with Crippen molar-refractivity contribution in [2.75, 3.05) is 32.7 Å². The Labute approximate surface area is 205 Å². The third-order valence-corrected chi connectivity index (χ3v) is 6.14. The number of nitro groups is 1. The number of hydrogen-bond acceptors (Lipinski definition) is 6. The Kier molecular flexibility index (Phi) is 8.32. The van der Waals surface area contributed by atoms with Crippen LogP contribution in [0.5, 0.6) is 0 Å². The molecule has 3 aromatic carbocycles. The van der Waals surface area contributed by atoms with E-state index in [2.05, 4.69) is 68.9 Å². The number of nitrogens with zero attached hydrogens (tertiary/aromatic N) is 4. The highest BCUT2D eigenvalue weighted by Crippen LogP contribution is 2.29. The molecule has 8 heteroatoms. The number of piperazine rings is 1. The summed E-state index contributed by atoms with van der Waals surface area (Å²) in [4.78, 5) is 27.4. The molecule has 1 fully saturated rings. The first-order chi connectivity index (χ1) is 17.1. The molecule has 1 amide bonds. The molecule has 3 aromatic rings. The van der Waals surface area contributed by atoms with Crippen LogP contribution in [-0.2, 0) is 4.79 Å². The fraction of sp³-hybridized carbons (Fsp3) is 0.259. The van der Waals surface area contributed by atoms with Crippen LogP contribution in [0.3, 0.4) is 0 Å². The summed E-state index contributed by atoms with van der Waals surface area (Å²) in [5.41, 5.74) is 5.63. The summed E-state index contributed by atoms with van der Waals surface area (Å²) in [6.07, 6.45) is 1.75. The lowest BCUT2D eigenvalue weighted by Gasteiger charge is -2.39. The maximum atomic E-state index is 12.2. The van der Waals surface area contributed by atoms with Crippen LogP contribution in [0.25, 0.3) is 0 Å². The largest absolute Gasteiger partial charge is 0.300 e. The molecule has 0 saturated carbocycles. The lowest BCUT2D eigenvalue weighted by Crippen LogP contribution is -2.48. The molecule has 1 N–H and O–H groups in total. The number of nitrogens with one attached hydrogen (secondary N) is 1. The van der Waals surface area contributed by atoms with E-state index in [1.165, 1.54) is 29.5 Å². The van der Waals surface area contributed by atoms with E-state index in [1.54, 1.807) is 12.1 Å². The van der Waals surface area contributed by atoms with E-state index in [9.17, 15) is 14.9 Å². The molecule has 0 aromatic heterocycles. The lowest BCUT2D eigenvalue weighted by molar-refractivity contribution is -0.384. The Hall–Kier alpha value is -3.88. The van der Waals surface area contributed by atoms with Crippen LogP contribution in [0.1, 0.15) is 29.2 Å². The first-order valence-electron chi connectivity index (χ1n) is 11.7. The summed E-state index contributed by atoms with van der Waals surface area (Å²) in [5, 5.41) is 14.8. The van der Waals surface area contributed by atoms with Crippen molar-refractivity contribution in [3.8, 4) is 0 Å². The van der Waals surface area contributed by atoms with Gasteiger partial charge in [-0.15, -0.1) is 0 Å². The molecule has 0 bridgehead atoms. The number of amides is 1. The monoisotopic (exact) mass is 471 g/mol. The second kappa shape index (κ2) is 12.0. The van der Waals surface area contributed by atoms with Crippen LogP contribution >= 0.6 is 0 Å². The van der Waals surface area contributed by atoms with E-state index in [4.69, 9.17) is 0 Å². The van der Waals surface area contributed by atoms with Crippen LogP contribution in [0.15, 0.2) is 90.0 Å². The summed E-state index contributed by atoms with van der Waals surface area (Å²) in [7, 11) is 0. The summed E-state index contributed by atoms with van der Waals surface area (Å²) in [6.45, 7) is 4.27. The molecule has 0 atom stereocenters. The second-order valence-electron chi connectivity index (χ2n) is 8.50. The number of hydrazone groups is 1. The van der Waals surface area contributed by atoms with Gasteiger partial charge in [0.2, 0.25) is 5.91 Å². The van der Waals surface area contributed by atoms with Crippen LogP contribution in [0.4, 0.5) is 5.69 Å². The number of carbonyl (C=O) groups is 1. The van der Waals surface area contributed by atoms with Crippen molar-refractivity contribution in [2.24, 2.45) is 5.10 Å². The minimum atomic E-state index is -0.461. The van der Waals surface area contributed by atoms with E-state index >= 15 is 0 Å². The average molecular weight is 472 g/mol. The first-order valence-corrected chi connectivity index (χ1v) is 11.7. The third-order valence-electron chi connectivity index (χ3n) is 6.14. The van der Waals surface area contributed by atoms with Crippen molar-refractivity contribution in [3.05, 3.63) is 112 Å². The predicted molar refractivity (Wildman–Crippen MR) is 136 cm³/mol. The quantitative estimate of drug-likeness (QED) is 0.291. The minimum absolute atomic E-state index is 0.0128. The van der Waals surface area contributed by atoms with Gasteiger partial charge in [-0.1, -0.05) is 72.8 Å². The van der Waals surface area contributed by atoms with Crippen LogP contribution < -0.4 is 5.43 Å². The molecule has 8 nitrogen and oxygen atoms in total. The Bertz CT molecular complexity index is 1110. The molecule has 180 valence electrons. The highest BCUT2D eigenvalue weighted by molar-refractivity contribution is 5.83. The third kappa shape index (κ3) is 6.81. The molecular weight excluding hydrogens is 442 g/mol. The van der Waals surface area contributed by atoms with E-state index in [1.807, 2.05) is 12.1 Å². The normalized spacial score (nSPS) is 14.9. The number of hydrogen-bond donors (Lipinski definition) is 1. The predicted octanol–water partition coefficient (Wildman–Crippen LogP) is 3.84. The van der Waals surface area contributed by atoms with Gasteiger partial charge in [-0.05, 0) is 11.1 Å². The first kappa shape index (κ1) is 24.3. The topological polar surface area (TPSA) is 91.1 Å². The van der Waals surface area contributed by atoms with Gasteiger partial charge >= 0.3 is 0 Å². The maximum absolute atomic E-state index is 12.2. The van der Waals surface area contributed by atoms with E-state index in [0.717, 1.165) is 26.2 Å². The number of carbonyl (C=O) groups excluding carboxylic acids is 1. The van der Waals surface area contributed by atoms with Crippen molar-refractivity contribution in [1.82, 2.24) is 15.2 Å². The summed E-state index contributed by atoms with van der Waals surface area (Å²) in [5.74, 6) is -0.180. The van der Waals surface area contributed by atoms with Gasteiger partial charge in [-0.3, -0.25) is 19.8 Å². The minimum Gasteiger partial charge on any atom is -0.300 e. The number of benzene rings is 3. The van der Waals surface area contributed by atoms with Gasteiger partial charge in [0.1, 0.15) is 0 Å². The summed E-state index contributed by atoms with van der Waals surface area (Å²) in [6, 6.07) is 27.5. The summed E-state index contributed by atoms with van der Waals surface area (Å²) < 4.78 is 0. The van der Waals surface area contributed by atoms with Gasteiger partial charge in [0, 0.05) is 56.8 Å². The highest BCUT2D eigenvalue weighted by Gasteiger charge is 2.26. The molecule has 4 rings (SSSR count). The molecule has 0 spiro atoms. The second-order valence-corrected chi connectivity index (χ2v) is 8.50. The number of non-ortho nitro benzene ring substituents is 1. The molecule has 0 aliphatic carbocycles. The molecule has 1 aliphatic rings. The van der Waals surface area contributed by atoms with E-state index < -0.39 is 4.92 Å². The van der Waals surface area contributed by atoms with Crippen molar-refractivity contribution in [3.63, 3.8) is 0 Å². The zero-order valence-corrected chi connectivity index (χ0v) is 19.5. The molecule has 0 unspecified atom stereocenters. The fourth-order valence-electron chi connectivity index (χ4n) is 4.34. The number of rotatable bonds is 9. The molecular formula is C27H29N5O3. The fourth-order valence-corrected chi connectivity index (χ4v) is 4.34. The highest BCUT2D eigenvalue weighted by atomic mass is 16.6. The Morgan fingerprint density at radius 1 is 0.943 bits per heavy atom. The van der Waals surface area contributed by atoms with Gasteiger partial charge in [-0.2, -0.15) is 5.10 Å². The van der Waals surface area contributed by atoms with Crippen molar-refractivity contribution in [1.29, 1.82) is 0 Å². The SMILES string of the molecule is O=C(CCN1CCN(C(c2ccccc2)c2ccccc2)CC1)N/N=C\c1cccc([N+](=O)[O-])c1. The van der Waals surface area contributed by atoms with Crippen LogP contribution in [0.2, 0.25) is 0 Å². The Morgan fingerprint density at radius 3 is 2.17 bits per heavy atom. The standard InChI is InChI=1S/C27H29N5O3/c33-26(29-28-21-22-8-7-13-25(20-22)32(34)35)14-15-30-16-18-31(19-17-30)27(23-9-3-1-4-10-23)24-11-5-2-6-12-24/h1-13,20-21,27H,14-19H2,(H,29,33)/b28-21-. The molecule has 0 radical (unpaired) electrons. The van der Waals surface area contributed by atoms with E-state index in [0.29, 0.717) is 18.5 Å². The van der Waals surface area contributed by atoms with Gasteiger partial charge in [0.05, 0.1) is 17.2 Å². The van der Waals surface area contributed by atoms with Gasteiger partial charge in [0.25, 0.3) is 5.69 Å². The van der Waals surface area contributed by atoms with Crippen LogP contribution in [0, 0.1) is 10.1 Å². The van der Waals surface area contributed by atoms with Gasteiger partial charge < -0.3 is 4.90 Å². The van der Waals surface area contributed by atoms with Crippen molar-refractivity contribution in [2.45, 2.75) is 12.5 Å².